The molecule has 0 radical (unpaired) electrons. The quantitative estimate of drug-likeness (QED) is 0.282. The number of ether oxygens (including phenoxy) is 1. The summed E-state index contributed by atoms with van der Waals surface area (Å²) >= 11 is 0. The van der Waals surface area contributed by atoms with E-state index in [4.69, 9.17) is 4.74 Å². The predicted molar refractivity (Wildman–Crippen MR) is 105 cm³/mol. The number of aliphatic hydroxyl groups excluding tert-OH is 1. The fraction of sp³-hybridized carbons (Fsp3) is 0.955. The van der Waals surface area contributed by atoms with Gasteiger partial charge in [-0.1, -0.05) is 90.9 Å². The molecule has 0 aliphatic carbocycles. The van der Waals surface area contributed by atoms with Gasteiger partial charge in [0.1, 0.15) is 6.10 Å². The molecule has 3 atom stereocenters. The number of carbonyl (C=O) groups excluding carboxylic acids is 1. The van der Waals surface area contributed by atoms with E-state index in [1.54, 1.807) is 0 Å². The minimum atomic E-state index is -0.494. The van der Waals surface area contributed by atoms with Crippen molar-refractivity contribution in [1.29, 1.82) is 0 Å². The molecular formula is C22H42O3. The Morgan fingerprint density at radius 3 is 1.84 bits per heavy atom. The Morgan fingerprint density at radius 2 is 1.28 bits per heavy atom. The zero-order valence-electron chi connectivity index (χ0n) is 16.8. The molecule has 1 heterocycles. The molecule has 148 valence electrons. The first-order valence-corrected chi connectivity index (χ1v) is 11.1. The Balaban J connectivity index is 2.06. The molecule has 0 unspecified atom stereocenters. The fourth-order valence-electron chi connectivity index (χ4n) is 3.85. The maximum absolute atomic E-state index is 12.2. The van der Waals surface area contributed by atoms with Crippen LogP contribution >= 0.6 is 0 Å². The molecule has 1 fully saturated rings. The van der Waals surface area contributed by atoms with Crippen molar-refractivity contribution in [3.8, 4) is 0 Å². The van der Waals surface area contributed by atoms with Gasteiger partial charge in [0, 0.05) is 6.42 Å². The SMILES string of the molecule is CCCCCCCCCCC[C@H]1C[C@H](O)[C@@H](CCCCCC)C(=O)O1. The Labute approximate surface area is 155 Å². The average Bonchev–Trinajstić information content (AvgIpc) is 2.59. The van der Waals surface area contributed by atoms with Crippen LogP contribution in [-0.4, -0.2) is 23.3 Å². The Kier molecular flexibility index (Phi) is 13.1. The molecule has 0 aromatic heterocycles. The smallest absolute Gasteiger partial charge is 0.311 e. The highest BCUT2D eigenvalue weighted by Crippen LogP contribution is 2.28. The number of unbranched alkanes of at least 4 members (excludes halogenated alkanes) is 11. The van der Waals surface area contributed by atoms with Gasteiger partial charge in [0.15, 0.2) is 0 Å². The summed E-state index contributed by atoms with van der Waals surface area (Å²) in [5.41, 5.74) is 0. The zero-order chi connectivity index (χ0) is 18.3. The molecule has 1 aliphatic rings. The fourth-order valence-corrected chi connectivity index (χ4v) is 3.85. The number of cyclic esters (lactones) is 1. The summed E-state index contributed by atoms with van der Waals surface area (Å²) in [7, 11) is 0. The number of esters is 1. The van der Waals surface area contributed by atoms with Crippen molar-refractivity contribution in [2.45, 2.75) is 129 Å². The molecule has 0 saturated carbocycles. The van der Waals surface area contributed by atoms with Crippen LogP contribution in [0.5, 0.6) is 0 Å². The predicted octanol–water partition coefficient (Wildman–Crippen LogP) is 6.17. The molecule has 0 aromatic carbocycles. The third kappa shape index (κ3) is 10.2. The molecule has 3 heteroatoms. The van der Waals surface area contributed by atoms with E-state index in [1.807, 2.05) is 0 Å². The second-order valence-electron chi connectivity index (χ2n) is 7.93. The largest absolute Gasteiger partial charge is 0.462 e. The second-order valence-corrected chi connectivity index (χ2v) is 7.93. The molecule has 1 saturated heterocycles. The van der Waals surface area contributed by atoms with Crippen molar-refractivity contribution in [3.63, 3.8) is 0 Å². The average molecular weight is 355 g/mol. The van der Waals surface area contributed by atoms with Crippen molar-refractivity contribution in [2.75, 3.05) is 0 Å². The van der Waals surface area contributed by atoms with Crippen LogP contribution < -0.4 is 0 Å². The van der Waals surface area contributed by atoms with Gasteiger partial charge >= 0.3 is 5.97 Å². The van der Waals surface area contributed by atoms with E-state index in [-0.39, 0.29) is 18.0 Å². The molecular weight excluding hydrogens is 312 g/mol. The first kappa shape index (κ1) is 22.5. The van der Waals surface area contributed by atoms with Crippen molar-refractivity contribution < 1.29 is 14.6 Å². The summed E-state index contributed by atoms with van der Waals surface area (Å²) in [4.78, 5) is 12.2. The lowest BCUT2D eigenvalue weighted by molar-refractivity contribution is -0.170. The van der Waals surface area contributed by atoms with Crippen molar-refractivity contribution in [1.82, 2.24) is 0 Å². The third-order valence-corrected chi connectivity index (χ3v) is 5.55. The summed E-state index contributed by atoms with van der Waals surface area (Å²) in [5.74, 6) is -0.438. The molecule has 1 N–H and O–H groups in total. The third-order valence-electron chi connectivity index (χ3n) is 5.55. The highest BCUT2D eigenvalue weighted by molar-refractivity contribution is 5.74. The topological polar surface area (TPSA) is 46.5 Å². The summed E-state index contributed by atoms with van der Waals surface area (Å²) in [6.45, 7) is 4.43. The number of hydrogen-bond acceptors (Lipinski definition) is 3. The van der Waals surface area contributed by atoms with E-state index in [9.17, 15) is 9.90 Å². The number of rotatable bonds is 15. The highest BCUT2D eigenvalue weighted by Gasteiger charge is 2.36. The second kappa shape index (κ2) is 14.6. The molecule has 0 spiro atoms. The summed E-state index contributed by atoms with van der Waals surface area (Å²) < 4.78 is 5.60. The van der Waals surface area contributed by atoms with Gasteiger partial charge < -0.3 is 9.84 Å². The molecule has 0 amide bonds. The maximum Gasteiger partial charge on any atom is 0.311 e. The van der Waals surface area contributed by atoms with E-state index in [0.717, 1.165) is 32.1 Å². The van der Waals surface area contributed by atoms with Gasteiger partial charge in [0.25, 0.3) is 0 Å². The standard InChI is InChI=1S/C22H42O3/c1-3-5-7-9-10-11-12-13-14-16-19-18-21(23)20(22(24)25-19)17-15-8-6-4-2/h19-21,23H,3-18H2,1-2H3/t19-,20+,21-/m0/s1. The molecule has 25 heavy (non-hydrogen) atoms. The van der Waals surface area contributed by atoms with Crippen LogP contribution in [0.4, 0.5) is 0 Å². The van der Waals surface area contributed by atoms with Crippen LogP contribution in [0, 0.1) is 5.92 Å². The van der Waals surface area contributed by atoms with E-state index >= 15 is 0 Å². The van der Waals surface area contributed by atoms with Crippen LogP contribution in [0.25, 0.3) is 0 Å². The number of hydrogen-bond donors (Lipinski definition) is 1. The highest BCUT2D eigenvalue weighted by atomic mass is 16.5. The molecule has 0 bridgehead atoms. The normalized spacial score (nSPS) is 23.6. The molecule has 0 aromatic rings. The Morgan fingerprint density at radius 1 is 0.800 bits per heavy atom. The lowest BCUT2D eigenvalue weighted by Crippen LogP contribution is -2.41. The van der Waals surface area contributed by atoms with Gasteiger partial charge in [-0.3, -0.25) is 4.79 Å². The number of aliphatic hydroxyl groups is 1. The first-order valence-electron chi connectivity index (χ1n) is 11.1. The minimum Gasteiger partial charge on any atom is -0.462 e. The van der Waals surface area contributed by atoms with Crippen LogP contribution in [0.1, 0.15) is 117 Å². The molecule has 1 rings (SSSR count). The van der Waals surface area contributed by atoms with Crippen LogP contribution in [0.2, 0.25) is 0 Å². The van der Waals surface area contributed by atoms with E-state index in [1.165, 1.54) is 64.2 Å². The van der Waals surface area contributed by atoms with Crippen LogP contribution in [-0.2, 0) is 9.53 Å². The van der Waals surface area contributed by atoms with Gasteiger partial charge in [0.2, 0.25) is 0 Å². The lowest BCUT2D eigenvalue weighted by atomic mass is 9.88. The summed E-state index contributed by atoms with van der Waals surface area (Å²) in [6, 6.07) is 0. The van der Waals surface area contributed by atoms with Crippen LogP contribution in [0.3, 0.4) is 0 Å². The first-order chi connectivity index (χ1) is 12.2. The van der Waals surface area contributed by atoms with Gasteiger partial charge in [-0.2, -0.15) is 0 Å². The molecule has 1 aliphatic heterocycles. The van der Waals surface area contributed by atoms with Crippen molar-refractivity contribution >= 4 is 5.97 Å². The van der Waals surface area contributed by atoms with Gasteiger partial charge in [-0.15, -0.1) is 0 Å². The number of carbonyl (C=O) groups is 1. The minimum absolute atomic E-state index is 0.0565. The van der Waals surface area contributed by atoms with Crippen molar-refractivity contribution in [3.05, 3.63) is 0 Å². The summed E-state index contributed by atoms with van der Waals surface area (Å²) in [6.07, 6.45) is 18.1. The van der Waals surface area contributed by atoms with Gasteiger partial charge in [-0.25, -0.2) is 0 Å². The van der Waals surface area contributed by atoms with E-state index in [2.05, 4.69) is 13.8 Å². The van der Waals surface area contributed by atoms with Gasteiger partial charge in [0.05, 0.1) is 12.0 Å². The van der Waals surface area contributed by atoms with Crippen molar-refractivity contribution in [2.24, 2.45) is 5.92 Å². The van der Waals surface area contributed by atoms with E-state index < -0.39 is 6.10 Å². The lowest BCUT2D eigenvalue weighted by Gasteiger charge is -2.32. The molecule has 3 nitrogen and oxygen atoms in total. The zero-order valence-corrected chi connectivity index (χ0v) is 16.8. The Hall–Kier alpha value is -0.570. The monoisotopic (exact) mass is 354 g/mol. The summed E-state index contributed by atoms with van der Waals surface area (Å²) in [5, 5.41) is 10.3. The Bertz CT molecular complexity index is 329. The maximum atomic E-state index is 12.2. The van der Waals surface area contributed by atoms with Gasteiger partial charge in [-0.05, 0) is 19.3 Å². The van der Waals surface area contributed by atoms with E-state index in [0.29, 0.717) is 6.42 Å². The van der Waals surface area contributed by atoms with Crippen LogP contribution in [0.15, 0.2) is 0 Å².